The zero-order chi connectivity index (χ0) is 15.8. The molecular formula is C16H28N2O4. The molecule has 1 saturated carbocycles. The van der Waals surface area contributed by atoms with Gasteiger partial charge in [-0.3, -0.25) is 4.79 Å². The van der Waals surface area contributed by atoms with Crippen molar-refractivity contribution in [1.82, 2.24) is 10.2 Å². The van der Waals surface area contributed by atoms with Gasteiger partial charge in [-0.15, -0.1) is 0 Å². The van der Waals surface area contributed by atoms with Crippen molar-refractivity contribution in [3.8, 4) is 0 Å². The Morgan fingerprint density at radius 3 is 2.55 bits per heavy atom. The van der Waals surface area contributed by atoms with Crippen LogP contribution in [-0.2, 0) is 14.3 Å². The summed E-state index contributed by atoms with van der Waals surface area (Å²) < 4.78 is 10.6. The van der Waals surface area contributed by atoms with Crippen LogP contribution in [0, 0.1) is 11.8 Å². The Balaban J connectivity index is 1.51. The summed E-state index contributed by atoms with van der Waals surface area (Å²) in [5.41, 5.74) is 0. The van der Waals surface area contributed by atoms with Crippen LogP contribution in [0.2, 0.25) is 0 Å². The Morgan fingerprint density at radius 1 is 1.18 bits per heavy atom. The number of nitrogens with zero attached hydrogens (tertiary/aromatic N) is 1. The summed E-state index contributed by atoms with van der Waals surface area (Å²) in [5, 5.41) is 2.92. The van der Waals surface area contributed by atoms with Gasteiger partial charge in [0.2, 0.25) is 0 Å². The van der Waals surface area contributed by atoms with Gasteiger partial charge < -0.3 is 19.7 Å². The number of urea groups is 1. The second-order valence-electron chi connectivity index (χ2n) is 6.12. The van der Waals surface area contributed by atoms with E-state index in [0.717, 1.165) is 18.9 Å². The minimum atomic E-state index is -0.129. The number of carbonyl (C=O) groups excluding carboxylic acids is 2. The molecule has 2 aliphatic rings. The third-order valence-electron chi connectivity index (χ3n) is 4.19. The average Bonchev–Trinajstić information content (AvgIpc) is 3.35. The minimum absolute atomic E-state index is 0.0375. The van der Waals surface area contributed by atoms with E-state index in [1.807, 2.05) is 6.92 Å². The zero-order valence-corrected chi connectivity index (χ0v) is 13.5. The highest BCUT2D eigenvalue weighted by Gasteiger charge is 2.28. The molecule has 1 aliphatic heterocycles. The topological polar surface area (TPSA) is 67.9 Å². The number of amides is 2. The molecule has 1 N–H and O–H groups in total. The van der Waals surface area contributed by atoms with E-state index in [4.69, 9.17) is 9.47 Å². The first kappa shape index (κ1) is 17.1. The third-order valence-corrected chi connectivity index (χ3v) is 4.19. The summed E-state index contributed by atoms with van der Waals surface area (Å²) in [4.78, 5) is 25.4. The number of rotatable bonds is 8. The smallest absolute Gasteiger partial charge is 0.317 e. The van der Waals surface area contributed by atoms with Crippen LogP contribution in [0.4, 0.5) is 4.79 Å². The molecule has 1 aliphatic carbocycles. The van der Waals surface area contributed by atoms with Gasteiger partial charge in [0, 0.05) is 32.8 Å². The molecule has 6 heteroatoms. The van der Waals surface area contributed by atoms with E-state index in [1.54, 1.807) is 4.90 Å². The van der Waals surface area contributed by atoms with Gasteiger partial charge in [0.25, 0.3) is 0 Å². The number of carbonyl (C=O) groups is 2. The lowest BCUT2D eigenvalue weighted by molar-refractivity contribution is -0.149. The van der Waals surface area contributed by atoms with Crippen molar-refractivity contribution < 1.29 is 19.1 Å². The Bertz CT molecular complexity index is 363. The molecule has 0 radical (unpaired) electrons. The second-order valence-corrected chi connectivity index (χ2v) is 6.12. The molecule has 0 aromatic carbocycles. The summed E-state index contributed by atoms with van der Waals surface area (Å²) in [6.07, 6.45) is 4.84. The molecule has 1 saturated heterocycles. The SMILES string of the molecule is CCOC(=O)C1CCN(C(=O)NCCCOCC2CC2)CC1. The summed E-state index contributed by atoms with van der Waals surface area (Å²) in [5.74, 6) is 0.602. The first-order valence-corrected chi connectivity index (χ1v) is 8.48. The minimum Gasteiger partial charge on any atom is -0.466 e. The van der Waals surface area contributed by atoms with Crippen LogP contribution < -0.4 is 5.32 Å². The third kappa shape index (κ3) is 5.83. The Labute approximate surface area is 132 Å². The van der Waals surface area contributed by atoms with Gasteiger partial charge in [0.1, 0.15) is 0 Å². The normalized spacial score (nSPS) is 19.0. The van der Waals surface area contributed by atoms with Crippen LogP contribution in [0.15, 0.2) is 0 Å². The van der Waals surface area contributed by atoms with Crippen LogP contribution in [0.25, 0.3) is 0 Å². The first-order chi connectivity index (χ1) is 10.7. The predicted octanol–water partition coefficient (Wildman–Crippen LogP) is 1.79. The molecule has 0 bridgehead atoms. The lowest BCUT2D eigenvalue weighted by Crippen LogP contribution is -2.46. The fraction of sp³-hybridized carbons (Fsp3) is 0.875. The van der Waals surface area contributed by atoms with Gasteiger partial charge in [0.15, 0.2) is 0 Å². The molecule has 126 valence electrons. The Morgan fingerprint density at radius 2 is 1.91 bits per heavy atom. The highest BCUT2D eigenvalue weighted by atomic mass is 16.5. The maximum Gasteiger partial charge on any atom is 0.317 e. The van der Waals surface area contributed by atoms with Crippen LogP contribution in [0.1, 0.15) is 39.0 Å². The molecular weight excluding hydrogens is 284 g/mol. The number of likely N-dealkylation sites (tertiary alicyclic amines) is 1. The highest BCUT2D eigenvalue weighted by molar-refractivity contribution is 5.76. The van der Waals surface area contributed by atoms with E-state index in [2.05, 4.69) is 5.32 Å². The van der Waals surface area contributed by atoms with E-state index in [0.29, 0.717) is 45.7 Å². The molecule has 2 amide bonds. The molecule has 22 heavy (non-hydrogen) atoms. The van der Waals surface area contributed by atoms with Crippen LogP contribution >= 0.6 is 0 Å². The van der Waals surface area contributed by atoms with Crippen molar-refractivity contribution >= 4 is 12.0 Å². The summed E-state index contributed by atoms with van der Waals surface area (Å²) in [6, 6.07) is -0.0375. The van der Waals surface area contributed by atoms with Gasteiger partial charge in [0.05, 0.1) is 12.5 Å². The van der Waals surface area contributed by atoms with Gasteiger partial charge in [-0.05, 0) is 44.9 Å². The predicted molar refractivity (Wildman–Crippen MR) is 82.5 cm³/mol. The second kappa shape index (κ2) is 8.98. The standard InChI is InChI=1S/C16H28N2O4/c1-2-22-15(19)14-6-9-18(10-7-14)16(20)17-8-3-11-21-12-13-4-5-13/h13-14H,2-12H2,1H3,(H,17,20). The lowest BCUT2D eigenvalue weighted by atomic mass is 9.97. The van der Waals surface area contributed by atoms with Crippen molar-refractivity contribution in [3.05, 3.63) is 0 Å². The summed E-state index contributed by atoms with van der Waals surface area (Å²) in [7, 11) is 0. The van der Waals surface area contributed by atoms with Gasteiger partial charge in [-0.2, -0.15) is 0 Å². The molecule has 0 aromatic heterocycles. The monoisotopic (exact) mass is 312 g/mol. The summed E-state index contributed by atoms with van der Waals surface area (Å²) >= 11 is 0. The van der Waals surface area contributed by atoms with E-state index in [1.165, 1.54) is 12.8 Å². The quantitative estimate of drug-likeness (QED) is 0.548. The fourth-order valence-electron chi connectivity index (χ4n) is 2.59. The van der Waals surface area contributed by atoms with Crippen molar-refractivity contribution in [1.29, 1.82) is 0 Å². The van der Waals surface area contributed by atoms with Crippen LogP contribution in [-0.4, -0.2) is 56.4 Å². The number of ether oxygens (including phenoxy) is 2. The van der Waals surface area contributed by atoms with Crippen molar-refractivity contribution in [2.75, 3.05) is 39.5 Å². The van der Waals surface area contributed by atoms with Gasteiger partial charge >= 0.3 is 12.0 Å². The van der Waals surface area contributed by atoms with E-state index in [9.17, 15) is 9.59 Å². The van der Waals surface area contributed by atoms with E-state index >= 15 is 0 Å². The maximum absolute atomic E-state index is 12.0. The molecule has 0 unspecified atom stereocenters. The summed E-state index contributed by atoms with van der Waals surface area (Å²) in [6.45, 7) is 5.69. The fourth-order valence-corrected chi connectivity index (χ4v) is 2.59. The molecule has 2 fully saturated rings. The Hall–Kier alpha value is -1.30. The highest BCUT2D eigenvalue weighted by Crippen LogP contribution is 2.28. The van der Waals surface area contributed by atoms with Crippen LogP contribution in [0.5, 0.6) is 0 Å². The number of nitrogens with one attached hydrogen (secondary N) is 1. The molecule has 0 aromatic rings. The molecule has 0 spiro atoms. The number of esters is 1. The van der Waals surface area contributed by atoms with Crippen molar-refractivity contribution in [2.24, 2.45) is 11.8 Å². The zero-order valence-electron chi connectivity index (χ0n) is 13.5. The molecule has 6 nitrogen and oxygen atoms in total. The van der Waals surface area contributed by atoms with Gasteiger partial charge in [-0.25, -0.2) is 4.79 Å². The number of piperidine rings is 1. The van der Waals surface area contributed by atoms with Crippen molar-refractivity contribution in [3.63, 3.8) is 0 Å². The number of hydrogen-bond donors (Lipinski definition) is 1. The number of hydrogen-bond acceptors (Lipinski definition) is 4. The average molecular weight is 312 g/mol. The lowest BCUT2D eigenvalue weighted by Gasteiger charge is -2.30. The maximum atomic E-state index is 12.0. The van der Waals surface area contributed by atoms with Gasteiger partial charge in [-0.1, -0.05) is 0 Å². The molecule has 0 atom stereocenters. The van der Waals surface area contributed by atoms with E-state index < -0.39 is 0 Å². The molecule has 2 rings (SSSR count). The first-order valence-electron chi connectivity index (χ1n) is 8.48. The molecule has 1 heterocycles. The Kier molecular flexibility index (Phi) is 6.96. The van der Waals surface area contributed by atoms with Crippen LogP contribution in [0.3, 0.4) is 0 Å². The van der Waals surface area contributed by atoms with Crippen molar-refractivity contribution in [2.45, 2.75) is 39.0 Å². The largest absolute Gasteiger partial charge is 0.466 e. The van der Waals surface area contributed by atoms with E-state index in [-0.39, 0.29) is 17.9 Å².